The Morgan fingerprint density at radius 1 is 1.00 bits per heavy atom. The average molecular weight is 411 g/mol. The number of hydrogen-bond acceptors (Lipinski definition) is 6. The molecule has 1 aliphatic heterocycles. The maximum Gasteiger partial charge on any atom is 0.336 e. The fraction of sp³-hybridized carbons (Fsp3) is 0.375. The molecule has 1 heterocycles. The number of esters is 1. The Morgan fingerprint density at radius 2 is 1.67 bits per heavy atom. The SMILES string of the molecule is CCN1/C=C(/C(=O)OC)C(c2ccc(OC)cc2)c2cc(OC)c(OC)cc2CC1. The molecule has 0 saturated carbocycles. The first-order valence-corrected chi connectivity index (χ1v) is 9.99. The van der Waals surface area contributed by atoms with Crippen LogP contribution in [-0.2, 0) is 16.0 Å². The van der Waals surface area contributed by atoms with Crippen molar-refractivity contribution in [3.8, 4) is 17.2 Å². The Kier molecular flexibility index (Phi) is 6.87. The largest absolute Gasteiger partial charge is 0.497 e. The Hall–Kier alpha value is -3.15. The number of carbonyl (C=O) groups is 1. The predicted molar refractivity (Wildman–Crippen MR) is 115 cm³/mol. The first-order valence-electron chi connectivity index (χ1n) is 9.99. The number of carbonyl (C=O) groups excluding carboxylic acids is 1. The summed E-state index contributed by atoms with van der Waals surface area (Å²) in [6, 6.07) is 11.8. The number of benzene rings is 2. The van der Waals surface area contributed by atoms with E-state index in [9.17, 15) is 4.79 Å². The molecule has 160 valence electrons. The standard InChI is InChI=1S/C24H29NO5/c1-6-25-12-11-17-13-21(28-3)22(29-4)14-19(17)23(20(15-25)24(26)30-5)16-7-9-18(27-2)10-8-16/h7-10,13-15,23H,6,11-12H2,1-5H3/b20-15+. The summed E-state index contributed by atoms with van der Waals surface area (Å²) in [5.74, 6) is 1.41. The second-order valence-electron chi connectivity index (χ2n) is 7.07. The molecular weight excluding hydrogens is 382 g/mol. The van der Waals surface area contributed by atoms with Gasteiger partial charge in [-0.25, -0.2) is 4.79 Å². The van der Waals surface area contributed by atoms with E-state index in [0.717, 1.165) is 42.0 Å². The van der Waals surface area contributed by atoms with E-state index in [0.29, 0.717) is 17.1 Å². The van der Waals surface area contributed by atoms with Crippen molar-refractivity contribution in [1.82, 2.24) is 4.90 Å². The molecule has 1 aliphatic rings. The van der Waals surface area contributed by atoms with Gasteiger partial charge in [0.05, 0.1) is 34.0 Å². The summed E-state index contributed by atoms with van der Waals surface area (Å²) in [5, 5.41) is 0. The van der Waals surface area contributed by atoms with Crippen LogP contribution in [0.25, 0.3) is 0 Å². The van der Waals surface area contributed by atoms with Gasteiger partial charge in [0.15, 0.2) is 11.5 Å². The van der Waals surface area contributed by atoms with Crippen LogP contribution in [-0.4, -0.2) is 52.4 Å². The molecule has 0 saturated heterocycles. The fourth-order valence-electron chi connectivity index (χ4n) is 3.88. The highest BCUT2D eigenvalue weighted by Crippen LogP contribution is 2.41. The summed E-state index contributed by atoms with van der Waals surface area (Å²) in [6.45, 7) is 3.65. The zero-order valence-electron chi connectivity index (χ0n) is 18.2. The minimum Gasteiger partial charge on any atom is -0.497 e. The van der Waals surface area contributed by atoms with Crippen LogP contribution >= 0.6 is 0 Å². The molecule has 1 atom stereocenters. The zero-order chi connectivity index (χ0) is 21.7. The lowest BCUT2D eigenvalue weighted by atomic mass is 9.81. The van der Waals surface area contributed by atoms with Gasteiger partial charge in [-0.1, -0.05) is 12.1 Å². The molecule has 0 radical (unpaired) electrons. The third-order valence-electron chi connectivity index (χ3n) is 5.53. The lowest BCUT2D eigenvalue weighted by Crippen LogP contribution is -2.27. The highest BCUT2D eigenvalue weighted by Gasteiger charge is 2.31. The van der Waals surface area contributed by atoms with Gasteiger partial charge in [0.2, 0.25) is 0 Å². The van der Waals surface area contributed by atoms with Crippen LogP contribution in [0.4, 0.5) is 0 Å². The quantitative estimate of drug-likeness (QED) is 0.675. The molecule has 2 aromatic carbocycles. The number of ether oxygens (including phenoxy) is 4. The van der Waals surface area contributed by atoms with Gasteiger partial charge in [0.25, 0.3) is 0 Å². The summed E-state index contributed by atoms with van der Waals surface area (Å²) in [6.07, 6.45) is 2.75. The second-order valence-corrected chi connectivity index (χ2v) is 7.07. The van der Waals surface area contributed by atoms with Gasteiger partial charge in [-0.15, -0.1) is 0 Å². The number of nitrogens with zero attached hydrogens (tertiary/aromatic N) is 1. The molecule has 30 heavy (non-hydrogen) atoms. The monoisotopic (exact) mass is 411 g/mol. The van der Waals surface area contributed by atoms with Gasteiger partial charge in [-0.05, 0) is 54.3 Å². The van der Waals surface area contributed by atoms with E-state index >= 15 is 0 Å². The third kappa shape index (κ3) is 4.22. The summed E-state index contributed by atoms with van der Waals surface area (Å²) in [5.41, 5.74) is 3.67. The van der Waals surface area contributed by atoms with Crippen molar-refractivity contribution in [2.24, 2.45) is 0 Å². The van der Waals surface area contributed by atoms with Gasteiger partial charge in [-0.3, -0.25) is 0 Å². The molecule has 6 heteroatoms. The summed E-state index contributed by atoms with van der Waals surface area (Å²) < 4.78 is 21.6. The average Bonchev–Trinajstić information content (AvgIpc) is 2.79. The molecule has 1 unspecified atom stereocenters. The van der Waals surface area contributed by atoms with Gasteiger partial charge >= 0.3 is 5.97 Å². The highest BCUT2D eigenvalue weighted by atomic mass is 16.5. The third-order valence-corrected chi connectivity index (χ3v) is 5.53. The molecule has 3 rings (SSSR count). The molecule has 0 bridgehead atoms. The number of hydrogen-bond donors (Lipinski definition) is 0. The Morgan fingerprint density at radius 3 is 2.23 bits per heavy atom. The topological polar surface area (TPSA) is 57.2 Å². The minimum atomic E-state index is -0.350. The van der Waals surface area contributed by atoms with Crippen LogP contribution < -0.4 is 14.2 Å². The molecule has 0 aliphatic carbocycles. The van der Waals surface area contributed by atoms with Crippen LogP contribution in [0.1, 0.15) is 29.5 Å². The van der Waals surface area contributed by atoms with E-state index in [1.165, 1.54) is 7.11 Å². The fourth-order valence-corrected chi connectivity index (χ4v) is 3.88. The lowest BCUT2D eigenvalue weighted by molar-refractivity contribution is -0.136. The van der Waals surface area contributed by atoms with Crippen molar-refractivity contribution < 1.29 is 23.7 Å². The van der Waals surface area contributed by atoms with E-state index in [4.69, 9.17) is 18.9 Å². The molecule has 0 spiro atoms. The van der Waals surface area contributed by atoms with Crippen molar-refractivity contribution in [1.29, 1.82) is 0 Å². The van der Waals surface area contributed by atoms with Crippen LogP contribution in [0.15, 0.2) is 48.2 Å². The van der Waals surface area contributed by atoms with Crippen LogP contribution in [0.2, 0.25) is 0 Å². The first-order chi connectivity index (χ1) is 14.6. The number of methoxy groups -OCH3 is 4. The van der Waals surface area contributed by atoms with E-state index < -0.39 is 0 Å². The highest BCUT2D eigenvalue weighted by molar-refractivity contribution is 5.91. The normalized spacial score (nSPS) is 17.7. The Bertz CT molecular complexity index is 920. The number of likely N-dealkylation sites (N-methyl/N-ethyl adjacent to an activating group) is 1. The lowest BCUT2D eigenvalue weighted by Gasteiger charge is -2.30. The van der Waals surface area contributed by atoms with Gasteiger partial charge in [0, 0.05) is 25.2 Å². The van der Waals surface area contributed by atoms with E-state index in [2.05, 4.69) is 11.8 Å². The molecule has 0 fully saturated rings. The summed E-state index contributed by atoms with van der Waals surface area (Å²) in [7, 11) is 6.30. The molecule has 0 aromatic heterocycles. The van der Waals surface area contributed by atoms with E-state index in [-0.39, 0.29) is 11.9 Å². The van der Waals surface area contributed by atoms with Crippen molar-refractivity contribution in [2.75, 3.05) is 41.5 Å². The maximum absolute atomic E-state index is 12.9. The molecule has 0 N–H and O–H groups in total. The Labute approximate surface area is 178 Å². The first kappa shape index (κ1) is 21.6. The Balaban J connectivity index is 2.28. The van der Waals surface area contributed by atoms with Crippen molar-refractivity contribution in [3.05, 3.63) is 64.9 Å². The predicted octanol–water partition coefficient (Wildman–Crippen LogP) is 3.78. The second kappa shape index (κ2) is 9.57. The molecule has 6 nitrogen and oxygen atoms in total. The van der Waals surface area contributed by atoms with Crippen molar-refractivity contribution >= 4 is 5.97 Å². The van der Waals surface area contributed by atoms with E-state index in [1.54, 1.807) is 21.3 Å². The van der Waals surface area contributed by atoms with Gasteiger partial charge in [-0.2, -0.15) is 0 Å². The van der Waals surface area contributed by atoms with Crippen LogP contribution in [0.5, 0.6) is 17.2 Å². The maximum atomic E-state index is 12.9. The number of fused-ring (bicyclic) bond motifs is 1. The minimum absolute atomic E-state index is 0.312. The number of rotatable bonds is 6. The summed E-state index contributed by atoms with van der Waals surface area (Å²) >= 11 is 0. The van der Waals surface area contributed by atoms with Gasteiger partial charge in [0.1, 0.15) is 5.75 Å². The molecule has 2 aromatic rings. The van der Waals surface area contributed by atoms with Crippen molar-refractivity contribution in [2.45, 2.75) is 19.3 Å². The smallest absolute Gasteiger partial charge is 0.336 e. The van der Waals surface area contributed by atoms with Crippen LogP contribution in [0, 0.1) is 0 Å². The molecular formula is C24H29NO5. The van der Waals surface area contributed by atoms with Crippen LogP contribution in [0.3, 0.4) is 0 Å². The van der Waals surface area contributed by atoms with Gasteiger partial charge < -0.3 is 23.8 Å². The summed E-state index contributed by atoms with van der Waals surface area (Å²) in [4.78, 5) is 15.0. The van der Waals surface area contributed by atoms with E-state index in [1.807, 2.05) is 42.6 Å². The zero-order valence-corrected chi connectivity index (χ0v) is 18.2. The molecule has 0 amide bonds. The van der Waals surface area contributed by atoms with Crippen molar-refractivity contribution in [3.63, 3.8) is 0 Å².